The molecule has 1 fully saturated rings. The molecule has 11 heteroatoms. The van der Waals surface area contributed by atoms with Crippen molar-refractivity contribution >= 4 is 34.8 Å². The zero-order valence-electron chi connectivity index (χ0n) is 24.2. The molecule has 2 aromatic carbocycles. The van der Waals surface area contributed by atoms with Crippen LogP contribution >= 0.6 is 0 Å². The van der Waals surface area contributed by atoms with Crippen LogP contribution < -0.4 is 4.90 Å². The van der Waals surface area contributed by atoms with Gasteiger partial charge in [0.1, 0.15) is 18.1 Å². The van der Waals surface area contributed by atoms with E-state index in [1.807, 2.05) is 36.4 Å². The second-order valence-electron chi connectivity index (χ2n) is 11.0. The van der Waals surface area contributed by atoms with E-state index in [4.69, 9.17) is 9.15 Å². The first-order valence-corrected chi connectivity index (χ1v) is 14.3. The fourth-order valence-corrected chi connectivity index (χ4v) is 6.39. The summed E-state index contributed by atoms with van der Waals surface area (Å²) in [5.41, 5.74) is 2.75. The van der Waals surface area contributed by atoms with Crippen LogP contribution in [0, 0.1) is 27.9 Å². The van der Waals surface area contributed by atoms with Crippen molar-refractivity contribution in [2.45, 2.75) is 32.0 Å². The zero-order valence-corrected chi connectivity index (χ0v) is 24.2. The van der Waals surface area contributed by atoms with E-state index in [0.717, 1.165) is 16.0 Å². The Morgan fingerprint density at radius 2 is 1.89 bits per heavy atom. The van der Waals surface area contributed by atoms with E-state index < -0.39 is 47.2 Å². The topological polar surface area (TPSA) is 164 Å². The monoisotopic (exact) mass is 602 g/mol. The van der Waals surface area contributed by atoms with Crippen molar-refractivity contribution in [1.82, 2.24) is 0 Å². The van der Waals surface area contributed by atoms with Crippen molar-refractivity contribution < 1.29 is 39.0 Å². The highest BCUT2D eigenvalue weighted by Gasteiger charge is 2.55. The van der Waals surface area contributed by atoms with Crippen LogP contribution in [-0.4, -0.2) is 58.5 Å². The number of imide groups is 1. The molecule has 3 aromatic rings. The van der Waals surface area contributed by atoms with Crippen LogP contribution in [-0.2, 0) is 20.9 Å². The lowest BCUT2D eigenvalue weighted by atomic mass is 9.68. The van der Waals surface area contributed by atoms with Gasteiger partial charge in [0.15, 0.2) is 0 Å². The van der Waals surface area contributed by atoms with Gasteiger partial charge in [-0.1, -0.05) is 36.4 Å². The Morgan fingerprint density at radius 1 is 1.11 bits per heavy atom. The fourth-order valence-electron chi connectivity index (χ4n) is 6.39. The highest BCUT2D eigenvalue weighted by Crippen LogP contribution is 2.47. The third kappa shape index (κ3) is 6.13. The molecule has 4 atom stereocenters. The molecule has 1 aromatic heterocycles. The van der Waals surface area contributed by atoms with Gasteiger partial charge in [-0.15, -0.1) is 0 Å². The normalized spacial score (nSPS) is 21.1. The lowest BCUT2D eigenvalue weighted by Gasteiger charge is -2.36. The van der Waals surface area contributed by atoms with Gasteiger partial charge in [0.25, 0.3) is 5.69 Å². The van der Waals surface area contributed by atoms with Crippen molar-refractivity contribution in [3.8, 4) is 0 Å². The summed E-state index contributed by atoms with van der Waals surface area (Å²) in [5.74, 6) is -2.70. The number of ether oxygens (including phenoxy) is 1. The molecule has 0 radical (unpaired) electrons. The minimum Gasteiger partial charge on any atom is -0.459 e. The molecule has 44 heavy (non-hydrogen) atoms. The number of hydrogen-bond donors (Lipinski definition) is 3. The molecular formula is C33H34N2O9. The largest absolute Gasteiger partial charge is 0.459 e. The summed E-state index contributed by atoms with van der Waals surface area (Å²) in [5, 5.41) is 43.0. The Kier molecular flexibility index (Phi) is 9.50. The molecule has 1 saturated heterocycles. The van der Waals surface area contributed by atoms with Crippen molar-refractivity contribution in [2.75, 3.05) is 25.2 Å². The number of nitro benzene ring substituents is 1. The minimum atomic E-state index is -1.07. The molecule has 230 valence electrons. The number of aliphatic hydroxyl groups excluding tert-OH is 3. The maximum atomic E-state index is 13.8. The molecule has 0 bridgehead atoms. The molecule has 2 amide bonds. The number of carbonyl (C=O) groups excluding carboxylic acids is 2. The number of rotatable bonds is 12. The number of aliphatic hydroxyl groups is 3. The molecular weight excluding hydrogens is 568 g/mol. The van der Waals surface area contributed by atoms with E-state index in [1.165, 1.54) is 31.4 Å². The number of furan rings is 1. The summed E-state index contributed by atoms with van der Waals surface area (Å²) in [6.07, 6.45) is 1.58. The van der Waals surface area contributed by atoms with Crippen LogP contribution in [0.5, 0.6) is 0 Å². The molecule has 2 heterocycles. The third-order valence-corrected chi connectivity index (χ3v) is 8.34. The van der Waals surface area contributed by atoms with Crippen LogP contribution in [0.1, 0.15) is 36.3 Å². The van der Waals surface area contributed by atoms with E-state index in [9.17, 15) is 35.0 Å². The maximum Gasteiger partial charge on any atom is 0.271 e. The van der Waals surface area contributed by atoms with Gasteiger partial charge >= 0.3 is 0 Å². The van der Waals surface area contributed by atoms with Crippen LogP contribution in [0.15, 0.2) is 82.3 Å². The average Bonchev–Trinajstić information content (AvgIpc) is 3.60. The van der Waals surface area contributed by atoms with Crippen molar-refractivity contribution in [3.63, 3.8) is 0 Å². The Bertz CT molecular complexity index is 1590. The number of fused-ring (bicyclic) bond motifs is 1. The predicted molar refractivity (Wildman–Crippen MR) is 161 cm³/mol. The molecule has 0 saturated carbocycles. The number of carbonyl (C=O) groups is 2. The number of anilines is 1. The summed E-state index contributed by atoms with van der Waals surface area (Å²) >= 11 is 0. The molecule has 0 unspecified atom stereocenters. The standard InChI is InChI=1S/C33H34N2O9/c1-43-19-22-15-27-31(33(40)34(32(27)39)23-8-5-9-24(16-23)35(41)42)28(18-37)30(22)29(38)13-10-21(20-6-3-2-4-7-20)14-25-11-12-26(17-36)44-25/h2-9,11-12,14,16,27-29,31,36-38H,10,13,15,17-19H2,1H3/b21-14-/t27-,28+,29-,31-/m1/s1. The smallest absolute Gasteiger partial charge is 0.271 e. The summed E-state index contributed by atoms with van der Waals surface area (Å²) in [6.45, 7) is -0.615. The van der Waals surface area contributed by atoms with Crippen LogP contribution in [0.2, 0.25) is 0 Å². The fraction of sp³-hybridized carbons (Fsp3) is 0.333. The number of methoxy groups -OCH3 is 1. The van der Waals surface area contributed by atoms with E-state index in [-0.39, 0.29) is 37.4 Å². The third-order valence-electron chi connectivity index (χ3n) is 8.34. The van der Waals surface area contributed by atoms with Gasteiger partial charge in [0, 0.05) is 25.2 Å². The van der Waals surface area contributed by atoms with E-state index in [0.29, 0.717) is 29.1 Å². The Hall–Kier alpha value is -4.42. The summed E-state index contributed by atoms with van der Waals surface area (Å²) < 4.78 is 11.1. The first-order chi connectivity index (χ1) is 21.3. The van der Waals surface area contributed by atoms with Crippen LogP contribution in [0.25, 0.3) is 11.6 Å². The van der Waals surface area contributed by atoms with Gasteiger partial charge in [-0.3, -0.25) is 19.7 Å². The van der Waals surface area contributed by atoms with Gasteiger partial charge in [-0.05, 0) is 65.8 Å². The molecule has 2 aliphatic rings. The van der Waals surface area contributed by atoms with Gasteiger partial charge < -0.3 is 24.5 Å². The summed E-state index contributed by atoms with van der Waals surface area (Å²) in [7, 11) is 1.49. The SMILES string of the molecule is COCC1=C([C@H](O)CC/C(=C/c2ccc(CO)o2)c2ccccc2)[C@H](CO)[C@@H]2C(=O)N(c3cccc([N+](=O)[O-])c3)C(=O)[C@@H]2C1. The average molecular weight is 603 g/mol. The second kappa shape index (κ2) is 13.5. The Morgan fingerprint density at radius 3 is 2.55 bits per heavy atom. The number of non-ortho nitro benzene ring substituents is 1. The first-order valence-electron chi connectivity index (χ1n) is 14.3. The Labute approximate surface area is 253 Å². The molecule has 5 rings (SSSR count). The van der Waals surface area contributed by atoms with Gasteiger partial charge in [0.05, 0.1) is 41.8 Å². The first kappa shape index (κ1) is 31.0. The number of allylic oxidation sites excluding steroid dienone is 1. The molecule has 11 nitrogen and oxygen atoms in total. The zero-order chi connectivity index (χ0) is 31.4. The summed E-state index contributed by atoms with van der Waals surface area (Å²) in [4.78, 5) is 39.1. The quantitative estimate of drug-likeness (QED) is 0.120. The van der Waals surface area contributed by atoms with E-state index >= 15 is 0 Å². The van der Waals surface area contributed by atoms with Gasteiger partial charge in [-0.2, -0.15) is 0 Å². The number of amides is 2. The highest BCUT2D eigenvalue weighted by molar-refractivity contribution is 6.22. The molecule has 1 aliphatic carbocycles. The number of hydrogen-bond acceptors (Lipinski definition) is 9. The van der Waals surface area contributed by atoms with E-state index in [2.05, 4.69) is 0 Å². The maximum absolute atomic E-state index is 13.8. The molecule has 3 N–H and O–H groups in total. The Balaban J connectivity index is 1.44. The van der Waals surface area contributed by atoms with E-state index in [1.54, 1.807) is 12.1 Å². The summed E-state index contributed by atoms with van der Waals surface area (Å²) in [6, 6.07) is 18.4. The highest BCUT2D eigenvalue weighted by atomic mass is 16.6. The minimum absolute atomic E-state index is 0.0931. The lowest BCUT2D eigenvalue weighted by Crippen LogP contribution is -2.39. The van der Waals surface area contributed by atoms with Crippen molar-refractivity contribution in [3.05, 3.63) is 105 Å². The van der Waals surface area contributed by atoms with Crippen molar-refractivity contribution in [1.29, 1.82) is 0 Å². The second-order valence-corrected chi connectivity index (χ2v) is 11.0. The van der Waals surface area contributed by atoms with Gasteiger partial charge in [-0.25, -0.2) is 4.90 Å². The number of benzene rings is 2. The molecule has 1 aliphatic heterocycles. The number of nitrogens with zero attached hydrogens (tertiary/aromatic N) is 2. The van der Waals surface area contributed by atoms with Crippen molar-refractivity contribution in [2.24, 2.45) is 17.8 Å². The predicted octanol–water partition coefficient (Wildman–Crippen LogP) is 4.12. The van der Waals surface area contributed by atoms with Gasteiger partial charge in [0.2, 0.25) is 11.8 Å². The van der Waals surface area contributed by atoms with Crippen LogP contribution in [0.4, 0.5) is 11.4 Å². The number of nitro groups is 1. The van der Waals surface area contributed by atoms with Crippen LogP contribution in [0.3, 0.4) is 0 Å². The molecule has 0 spiro atoms. The lowest BCUT2D eigenvalue weighted by molar-refractivity contribution is -0.384.